The van der Waals surface area contributed by atoms with E-state index in [1.54, 1.807) is 20.9 Å². The van der Waals surface area contributed by atoms with Crippen LogP contribution in [0.2, 0.25) is 0 Å². The predicted octanol–water partition coefficient (Wildman–Crippen LogP) is 0.910. The van der Waals surface area contributed by atoms with E-state index >= 15 is 0 Å². The summed E-state index contributed by atoms with van der Waals surface area (Å²) in [4.78, 5) is 13.3. The number of carbonyl (C=O) groups is 1. The minimum absolute atomic E-state index is 0.0397. The molecule has 1 amide bonds. The molecule has 0 aliphatic heterocycles. The summed E-state index contributed by atoms with van der Waals surface area (Å²) in [6, 6.07) is 0. The molecule has 6 heteroatoms. The largest absolute Gasteiger partial charge is 0.339 e. The number of nitrogens with zero attached hydrogens (tertiary/aromatic N) is 1. The third kappa shape index (κ3) is 2.55. The average molecular weight is 249 g/mol. The second-order valence-corrected chi connectivity index (χ2v) is 6.72. The second kappa shape index (κ2) is 4.00. The maximum Gasteiger partial charge on any atom is 0.269 e. The molecule has 16 heavy (non-hydrogen) atoms. The molecule has 1 fully saturated rings. The summed E-state index contributed by atoms with van der Waals surface area (Å²) in [7, 11) is -2.55. The summed E-state index contributed by atoms with van der Waals surface area (Å²) in [5.41, 5.74) is -0.909. The zero-order valence-corrected chi connectivity index (χ0v) is 10.9. The van der Waals surface area contributed by atoms with E-state index in [9.17, 15) is 13.2 Å². The molecule has 94 valence electrons. The van der Waals surface area contributed by atoms with Crippen molar-refractivity contribution >= 4 is 16.0 Å². The molecule has 0 spiro atoms. The van der Waals surface area contributed by atoms with Gasteiger partial charge in [0, 0.05) is 13.0 Å². The summed E-state index contributed by atoms with van der Waals surface area (Å²) >= 11 is 0. The summed E-state index contributed by atoms with van der Waals surface area (Å²) in [6.07, 6.45) is 1.75. The molecule has 1 aliphatic rings. The number of hydrogen-bond acceptors (Lipinski definition) is 3. The smallest absolute Gasteiger partial charge is 0.269 e. The van der Waals surface area contributed by atoms with Gasteiger partial charge in [-0.15, -0.1) is 0 Å². The van der Waals surface area contributed by atoms with Gasteiger partial charge in [0.25, 0.3) is 10.1 Å². The minimum atomic E-state index is -4.14. The molecule has 0 saturated heterocycles. The van der Waals surface area contributed by atoms with Gasteiger partial charge in [0.15, 0.2) is 0 Å². The Bertz CT molecular complexity index is 384. The zero-order valence-electron chi connectivity index (χ0n) is 10.1. The molecule has 0 bridgehead atoms. The molecule has 0 aromatic carbocycles. The van der Waals surface area contributed by atoms with E-state index in [0.717, 1.165) is 12.8 Å². The van der Waals surface area contributed by atoms with Crippen LogP contribution in [0.4, 0.5) is 0 Å². The van der Waals surface area contributed by atoms with E-state index in [-0.39, 0.29) is 11.8 Å². The predicted molar refractivity (Wildman–Crippen MR) is 60.6 cm³/mol. The van der Waals surface area contributed by atoms with E-state index < -0.39 is 20.9 Å². The van der Waals surface area contributed by atoms with E-state index in [1.165, 1.54) is 11.8 Å². The highest BCUT2D eigenvalue weighted by atomic mass is 32.2. The fourth-order valence-electron chi connectivity index (χ4n) is 1.53. The molecule has 1 aliphatic carbocycles. The molecule has 0 heterocycles. The Labute approximate surface area is 96.6 Å². The third-order valence-corrected chi connectivity index (χ3v) is 5.03. The summed E-state index contributed by atoms with van der Waals surface area (Å²) in [5.74, 6) is -0.00151. The maximum absolute atomic E-state index is 11.8. The van der Waals surface area contributed by atoms with E-state index in [4.69, 9.17) is 4.55 Å². The van der Waals surface area contributed by atoms with Crippen LogP contribution in [0.1, 0.15) is 33.6 Å². The molecule has 0 aromatic rings. The first-order chi connectivity index (χ1) is 7.08. The van der Waals surface area contributed by atoms with Crippen molar-refractivity contribution < 1.29 is 17.8 Å². The summed E-state index contributed by atoms with van der Waals surface area (Å²) in [6.45, 7) is 4.70. The van der Waals surface area contributed by atoms with Crippen LogP contribution < -0.4 is 0 Å². The fourth-order valence-corrected chi connectivity index (χ4v) is 2.41. The Balaban J connectivity index is 2.87. The van der Waals surface area contributed by atoms with Crippen molar-refractivity contribution in [2.45, 2.75) is 44.4 Å². The first-order valence-corrected chi connectivity index (χ1v) is 6.82. The number of amides is 1. The van der Waals surface area contributed by atoms with Gasteiger partial charge < -0.3 is 4.90 Å². The van der Waals surface area contributed by atoms with Gasteiger partial charge in [0.2, 0.25) is 5.91 Å². The molecule has 1 rings (SSSR count). The maximum atomic E-state index is 11.8. The van der Waals surface area contributed by atoms with Crippen molar-refractivity contribution in [1.29, 1.82) is 0 Å². The number of hydrogen-bond donors (Lipinski definition) is 1. The Morgan fingerprint density at radius 2 is 1.88 bits per heavy atom. The lowest BCUT2D eigenvalue weighted by molar-refractivity contribution is -0.136. The van der Waals surface area contributed by atoms with Crippen molar-refractivity contribution in [3.63, 3.8) is 0 Å². The summed E-state index contributed by atoms with van der Waals surface area (Å²) < 4.78 is 31.3. The van der Waals surface area contributed by atoms with Crippen LogP contribution in [0.15, 0.2) is 0 Å². The lowest BCUT2D eigenvalue weighted by Gasteiger charge is -2.39. The molecule has 1 unspecified atom stereocenters. The number of rotatable bonds is 4. The van der Waals surface area contributed by atoms with Gasteiger partial charge in [-0.2, -0.15) is 8.42 Å². The molecule has 1 atom stereocenters. The normalized spacial score (nSPS) is 19.3. The van der Waals surface area contributed by atoms with Crippen molar-refractivity contribution in [3.05, 3.63) is 0 Å². The van der Waals surface area contributed by atoms with Crippen molar-refractivity contribution in [2.75, 3.05) is 7.05 Å². The lowest BCUT2D eigenvalue weighted by Crippen LogP contribution is -2.54. The summed E-state index contributed by atoms with van der Waals surface area (Å²) in [5, 5.41) is -1.01. The van der Waals surface area contributed by atoms with Gasteiger partial charge in [-0.3, -0.25) is 9.35 Å². The van der Waals surface area contributed by atoms with Crippen molar-refractivity contribution in [3.8, 4) is 0 Å². The van der Waals surface area contributed by atoms with Crippen LogP contribution >= 0.6 is 0 Å². The highest BCUT2D eigenvalue weighted by Gasteiger charge is 2.43. The fraction of sp³-hybridized carbons (Fsp3) is 0.900. The topological polar surface area (TPSA) is 74.7 Å². The van der Waals surface area contributed by atoms with Gasteiger partial charge in [0.05, 0.1) is 5.54 Å². The average Bonchev–Trinajstić information content (AvgIpc) is 2.95. The first kappa shape index (κ1) is 13.4. The Morgan fingerprint density at radius 3 is 2.19 bits per heavy atom. The SMILES string of the molecule is CC(C(C)(C)N(C)C(=O)C1CC1)S(=O)(=O)O. The zero-order chi connectivity index (χ0) is 12.7. The van der Waals surface area contributed by atoms with Gasteiger partial charge in [-0.25, -0.2) is 0 Å². The van der Waals surface area contributed by atoms with Crippen LogP contribution in [0.5, 0.6) is 0 Å². The molecule has 1 N–H and O–H groups in total. The first-order valence-electron chi connectivity index (χ1n) is 5.32. The Hall–Kier alpha value is -0.620. The van der Waals surface area contributed by atoms with Gasteiger partial charge in [-0.1, -0.05) is 0 Å². The lowest BCUT2D eigenvalue weighted by atomic mass is 9.98. The quantitative estimate of drug-likeness (QED) is 0.751. The molecule has 0 aromatic heterocycles. The Morgan fingerprint density at radius 1 is 1.44 bits per heavy atom. The van der Waals surface area contributed by atoms with Crippen molar-refractivity contribution in [2.24, 2.45) is 5.92 Å². The Kier molecular flexibility index (Phi) is 3.36. The standard InChI is InChI=1S/C10H19NO4S/c1-7(16(13,14)15)10(2,3)11(4)9(12)8-5-6-8/h7-8H,5-6H2,1-4H3,(H,13,14,15). The van der Waals surface area contributed by atoms with E-state index in [2.05, 4.69) is 0 Å². The molecule has 1 saturated carbocycles. The molecule has 0 radical (unpaired) electrons. The minimum Gasteiger partial charge on any atom is -0.339 e. The molecular formula is C10H19NO4S. The van der Waals surface area contributed by atoms with Gasteiger partial charge >= 0.3 is 0 Å². The van der Waals surface area contributed by atoms with Gasteiger partial charge in [-0.05, 0) is 33.6 Å². The monoisotopic (exact) mass is 249 g/mol. The van der Waals surface area contributed by atoms with Crippen LogP contribution in [0, 0.1) is 5.92 Å². The van der Waals surface area contributed by atoms with Crippen LogP contribution in [-0.2, 0) is 14.9 Å². The molecule has 5 nitrogen and oxygen atoms in total. The molecular weight excluding hydrogens is 230 g/mol. The van der Waals surface area contributed by atoms with Crippen LogP contribution in [-0.4, -0.2) is 41.6 Å². The van der Waals surface area contributed by atoms with Crippen molar-refractivity contribution in [1.82, 2.24) is 4.90 Å². The number of carbonyl (C=O) groups excluding carboxylic acids is 1. The second-order valence-electron chi connectivity index (χ2n) is 4.98. The van der Waals surface area contributed by atoms with Gasteiger partial charge in [0.1, 0.15) is 5.25 Å². The third-order valence-electron chi connectivity index (χ3n) is 3.56. The highest BCUT2D eigenvalue weighted by Crippen LogP contribution is 2.34. The van der Waals surface area contributed by atoms with Crippen LogP contribution in [0.3, 0.4) is 0 Å². The van der Waals surface area contributed by atoms with Crippen LogP contribution in [0.25, 0.3) is 0 Å². The van der Waals surface area contributed by atoms with E-state index in [1.807, 2.05) is 0 Å². The van der Waals surface area contributed by atoms with E-state index in [0.29, 0.717) is 0 Å². The highest BCUT2D eigenvalue weighted by molar-refractivity contribution is 7.86.